The molecule has 5 heteroatoms. The molecule has 1 saturated carbocycles. The van der Waals surface area contributed by atoms with Crippen molar-refractivity contribution < 1.29 is 23.8 Å². The second kappa shape index (κ2) is 4.08. The average Bonchev–Trinajstić information content (AvgIpc) is 2.83. The van der Waals surface area contributed by atoms with Gasteiger partial charge in [0, 0.05) is 5.92 Å². The molecule has 1 N–H and O–H groups in total. The highest BCUT2D eigenvalue weighted by Crippen LogP contribution is 2.54. The summed E-state index contributed by atoms with van der Waals surface area (Å²) in [4.78, 5) is 22.5. The van der Waals surface area contributed by atoms with E-state index in [4.69, 9.17) is 9.52 Å². The molecule has 0 bridgehead atoms. The molecule has 0 aromatic carbocycles. The van der Waals surface area contributed by atoms with Crippen LogP contribution in [-0.2, 0) is 14.3 Å². The third-order valence-electron chi connectivity index (χ3n) is 2.98. The maximum atomic E-state index is 11.4. The molecule has 1 aromatic heterocycles. The van der Waals surface area contributed by atoms with Gasteiger partial charge >= 0.3 is 11.9 Å². The summed E-state index contributed by atoms with van der Waals surface area (Å²) >= 11 is 0. The van der Waals surface area contributed by atoms with Gasteiger partial charge in [-0.05, 0) is 24.6 Å². The van der Waals surface area contributed by atoms with E-state index in [9.17, 15) is 9.59 Å². The molecule has 0 aliphatic heterocycles. The van der Waals surface area contributed by atoms with Gasteiger partial charge < -0.3 is 14.3 Å². The predicted octanol–water partition coefficient (Wildman–Crippen LogP) is 1.56. The number of carboxylic acids is 1. The zero-order chi connectivity index (χ0) is 12.5. The number of carbonyl (C=O) groups excluding carboxylic acids is 1. The molecule has 90 valence electrons. The number of aliphatic carboxylic acids is 1. The van der Waals surface area contributed by atoms with E-state index in [-0.39, 0.29) is 12.3 Å². The van der Waals surface area contributed by atoms with Gasteiger partial charge in [-0.25, -0.2) is 0 Å². The van der Waals surface area contributed by atoms with E-state index in [1.807, 2.05) is 0 Å². The lowest BCUT2D eigenvalue weighted by molar-refractivity contribution is -0.159. The third kappa shape index (κ3) is 1.84. The predicted molar refractivity (Wildman–Crippen MR) is 57.9 cm³/mol. The van der Waals surface area contributed by atoms with Crippen LogP contribution in [0.4, 0.5) is 0 Å². The Morgan fingerprint density at radius 2 is 2.41 bits per heavy atom. The minimum atomic E-state index is -1.40. The van der Waals surface area contributed by atoms with Gasteiger partial charge in [-0.3, -0.25) is 9.59 Å². The standard InChI is InChI=1S/C12H12O5/c1-16-11(15)12(10(13)14)7-8(12)4-5-9-3-2-6-17-9/h2-6,8H,7H2,1H3,(H,13,14)/b5-4+. The van der Waals surface area contributed by atoms with Crippen molar-refractivity contribution in [2.75, 3.05) is 7.11 Å². The number of carboxylic acid groups (broad SMARTS) is 1. The minimum Gasteiger partial charge on any atom is -0.480 e. The summed E-state index contributed by atoms with van der Waals surface area (Å²) in [6, 6.07) is 3.48. The lowest BCUT2D eigenvalue weighted by Gasteiger charge is -2.07. The van der Waals surface area contributed by atoms with Crippen LogP contribution < -0.4 is 0 Å². The van der Waals surface area contributed by atoms with Gasteiger partial charge in [0.15, 0.2) is 5.41 Å². The first-order chi connectivity index (χ1) is 8.11. The first kappa shape index (κ1) is 11.4. The topological polar surface area (TPSA) is 76.7 Å². The SMILES string of the molecule is COC(=O)C1(C(=O)O)CC1/C=C/c1ccco1. The van der Waals surface area contributed by atoms with Crippen LogP contribution in [0.1, 0.15) is 12.2 Å². The fraction of sp³-hybridized carbons (Fsp3) is 0.333. The Kier molecular flexibility index (Phi) is 2.75. The van der Waals surface area contributed by atoms with Crippen LogP contribution in [0.2, 0.25) is 0 Å². The van der Waals surface area contributed by atoms with Gasteiger partial charge in [0.2, 0.25) is 0 Å². The van der Waals surface area contributed by atoms with Crippen LogP contribution in [0.5, 0.6) is 0 Å². The zero-order valence-electron chi connectivity index (χ0n) is 9.25. The van der Waals surface area contributed by atoms with Crippen LogP contribution in [0.15, 0.2) is 28.9 Å². The number of methoxy groups -OCH3 is 1. The highest BCUT2D eigenvalue weighted by molar-refractivity contribution is 6.03. The number of carbonyl (C=O) groups is 2. The molecular formula is C12H12O5. The molecule has 2 unspecified atom stereocenters. The highest BCUT2D eigenvalue weighted by Gasteiger charge is 2.66. The molecule has 1 aromatic rings. The van der Waals surface area contributed by atoms with E-state index >= 15 is 0 Å². The van der Waals surface area contributed by atoms with Gasteiger partial charge in [-0.15, -0.1) is 0 Å². The smallest absolute Gasteiger partial charge is 0.323 e. The molecule has 0 spiro atoms. The van der Waals surface area contributed by atoms with E-state index in [0.717, 1.165) is 0 Å². The number of hydrogen-bond acceptors (Lipinski definition) is 4. The summed E-state index contributed by atoms with van der Waals surface area (Å²) < 4.78 is 9.61. The highest BCUT2D eigenvalue weighted by atomic mass is 16.5. The summed E-state index contributed by atoms with van der Waals surface area (Å²) in [5.41, 5.74) is -1.40. The number of furan rings is 1. The molecule has 2 rings (SSSR count). The van der Waals surface area contributed by atoms with Crippen LogP contribution in [0.3, 0.4) is 0 Å². The largest absolute Gasteiger partial charge is 0.480 e. The second-order valence-electron chi connectivity index (χ2n) is 3.95. The number of hydrogen-bond donors (Lipinski definition) is 1. The van der Waals surface area contributed by atoms with E-state index in [1.165, 1.54) is 13.4 Å². The van der Waals surface area contributed by atoms with Crippen LogP contribution in [0.25, 0.3) is 6.08 Å². The van der Waals surface area contributed by atoms with Gasteiger partial charge in [0.1, 0.15) is 5.76 Å². The number of allylic oxidation sites excluding steroid dienone is 1. The number of rotatable bonds is 4. The van der Waals surface area contributed by atoms with E-state index in [2.05, 4.69) is 4.74 Å². The Morgan fingerprint density at radius 1 is 1.65 bits per heavy atom. The fourth-order valence-electron chi connectivity index (χ4n) is 1.87. The van der Waals surface area contributed by atoms with Gasteiger partial charge in [-0.1, -0.05) is 6.08 Å². The number of esters is 1. The lowest BCUT2D eigenvalue weighted by Crippen LogP contribution is -2.28. The normalized spacial score (nSPS) is 27.0. The summed E-state index contributed by atoms with van der Waals surface area (Å²) in [5, 5.41) is 9.07. The zero-order valence-corrected chi connectivity index (χ0v) is 9.25. The van der Waals surface area contributed by atoms with Crippen molar-refractivity contribution in [3.8, 4) is 0 Å². The van der Waals surface area contributed by atoms with Crippen molar-refractivity contribution in [1.82, 2.24) is 0 Å². The van der Waals surface area contributed by atoms with Crippen molar-refractivity contribution in [2.24, 2.45) is 11.3 Å². The monoisotopic (exact) mass is 236 g/mol. The van der Waals surface area contributed by atoms with Crippen molar-refractivity contribution >= 4 is 18.0 Å². The molecule has 1 heterocycles. The Labute approximate surface area is 97.7 Å². The summed E-state index contributed by atoms with van der Waals surface area (Å²) in [6.45, 7) is 0. The van der Waals surface area contributed by atoms with Crippen LogP contribution in [0, 0.1) is 11.3 Å². The molecule has 0 amide bonds. The van der Waals surface area contributed by atoms with E-state index in [0.29, 0.717) is 5.76 Å². The maximum Gasteiger partial charge on any atom is 0.323 e. The second-order valence-corrected chi connectivity index (χ2v) is 3.95. The molecule has 17 heavy (non-hydrogen) atoms. The molecule has 1 fully saturated rings. The molecule has 1 aliphatic rings. The Bertz CT molecular complexity index is 459. The maximum absolute atomic E-state index is 11.4. The molecular weight excluding hydrogens is 224 g/mol. The number of ether oxygens (including phenoxy) is 1. The average molecular weight is 236 g/mol. The van der Waals surface area contributed by atoms with Crippen molar-refractivity contribution in [1.29, 1.82) is 0 Å². The lowest BCUT2D eigenvalue weighted by atomic mass is 10.0. The van der Waals surface area contributed by atoms with Crippen molar-refractivity contribution in [3.05, 3.63) is 30.2 Å². The van der Waals surface area contributed by atoms with Crippen LogP contribution >= 0.6 is 0 Å². The van der Waals surface area contributed by atoms with Crippen molar-refractivity contribution in [3.63, 3.8) is 0 Å². The van der Waals surface area contributed by atoms with Crippen molar-refractivity contribution in [2.45, 2.75) is 6.42 Å². The molecule has 5 nitrogen and oxygen atoms in total. The Morgan fingerprint density at radius 3 is 2.94 bits per heavy atom. The first-order valence-electron chi connectivity index (χ1n) is 5.15. The van der Waals surface area contributed by atoms with Gasteiger partial charge in [0.25, 0.3) is 0 Å². The summed E-state index contributed by atoms with van der Waals surface area (Å²) in [5.74, 6) is -1.55. The quantitative estimate of drug-likeness (QED) is 0.634. The van der Waals surface area contributed by atoms with E-state index < -0.39 is 17.4 Å². The summed E-state index contributed by atoms with van der Waals surface area (Å²) in [7, 11) is 1.19. The molecule has 0 saturated heterocycles. The minimum absolute atomic E-state index is 0.270. The summed E-state index contributed by atoms with van der Waals surface area (Å²) in [6.07, 6.45) is 5.13. The van der Waals surface area contributed by atoms with Gasteiger partial charge in [0.05, 0.1) is 13.4 Å². The molecule has 0 radical (unpaired) electrons. The van der Waals surface area contributed by atoms with E-state index in [1.54, 1.807) is 24.3 Å². The molecule has 1 aliphatic carbocycles. The fourth-order valence-corrected chi connectivity index (χ4v) is 1.87. The Balaban J connectivity index is 2.11. The van der Waals surface area contributed by atoms with Gasteiger partial charge in [-0.2, -0.15) is 0 Å². The Hall–Kier alpha value is -2.04. The third-order valence-corrected chi connectivity index (χ3v) is 2.98. The first-order valence-corrected chi connectivity index (χ1v) is 5.15. The molecule has 2 atom stereocenters. The van der Waals surface area contributed by atoms with Crippen LogP contribution in [-0.4, -0.2) is 24.2 Å².